The summed E-state index contributed by atoms with van der Waals surface area (Å²) in [5.41, 5.74) is 0. The van der Waals surface area contributed by atoms with Crippen molar-refractivity contribution < 1.29 is 34.7 Å². The highest BCUT2D eigenvalue weighted by atomic mass is 32.3. The van der Waals surface area contributed by atoms with Crippen LogP contribution in [-0.4, -0.2) is 31.3 Å². The van der Waals surface area contributed by atoms with Crippen molar-refractivity contribution in [3.63, 3.8) is 0 Å². The van der Waals surface area contributed by atoms with Crippen molar-refractivity contribution in [2.75, 3.05) is 6.61 Å². The third-order valence-electron chi connectivity index (χ3n) is 4.58. The summed E-state index contributed by atoms with van der Waals surface area (Å²) in [5, 5.41) is 3.17. The summed E-state index contributed by atoms with van der Waals surface area (Å²) in [6.45, 7) is -1.33. The second-order valence-electron chi connectivity index (χ2n) is 6.71. The zero-order valence-electron chi connectivity index (χ0n) is 16.6. The first-order chi connectivity index (χ1) is 15.1. The van der Waals surface area contributed by atoms with Crippen molar-refractivity contribution >= 4 is 20.4 Å². The molecule has 0 amide bonds. The highest BCUT2D eigenvalue weighted by Crippen LogP contribution is 2.70. The fourth-order valence-corrected chi connectivity index (χ4v) is 8.27. The molecule has 0 saturated carbocycles. The molecule has 0 bridgehead atoms. The van der Waals surface area contributed by atoms with Crippen LogP contribution < -0.4 is 0 Å². The van der Waals surface area contributed by atoms with Gasteiger partial charge < -0.3 is 5.11 Å². The van der Waals surface area contributed by atoms with E-state index in [2.05, 4.69) is 0 Å². The maximum absolute atomic E-state index is 14.7. The summed E-state index contributed by atoms with van der Waals surface area (Å²) in [4.78, 5) is 0.673. The lowest BCUT2D eigenvalue weighted by atomic mass is 10.2. The summed E-state index contributed by atoms with van der Waals surface area (Å²) in [6.07, 6.45) is -1.74. The predicted molar refractivity (Wildman–Crippen MR) is 113 cm³/mol. The molecule has 0 aromatic heterocycles. The van der Waals surface area contributed by atoms with E-state index in [9.17, 15) is 26.0 Å². The van der Waals surface area contributed by atoms with Gasteiger partial charge in [-0.05, 0) is 46.7 Å². The Labute approximate surface area is 185 Å². The summed E-state index contributed by atoms with van der Waals surface area (Å²) >= 11 is 0. The molecule has 172 valence electrons. The Hall–Kier alpha value is -2.40. The number of hydrogen-bond donors (Lipinski definition) is 1. The first-order valence-electron chi connectivity index (χ1n) is 9.39. The van der Waals surface area contributed by atoms with E-state index in [1.165, 1.54) is 36.4 Å². The number of aliphatic hydroxyl groups excluding tert-OH is 1. The molecule has 0 aliphatic heterocycles. The second kappa shape index (κ2) is 9.22. The standard InChI is InChI=1S/C22H20F4O4S2/c23-21(24,16-17-27)22(25,26)32(28,29)30-31(18-10-4-1-5-11-18,19-12-6-2-7-13-19)20-14-8-3-9-15-20/h1-15,27H,16-17H2. The van der Waals surface area contributed by atoms with Crippen LogP contribution in [0, 0.1) is 0 Å². The molecule has 0 heterocycles. The number of hydrogen-bond acceptors (Lipinski definition) is 4. The van der Waals surface area contributed by atoms with E-state index in [1.807, 2.05) is 0 Å². The molecule has 0 unspecified atom stereocenters. The third kappa shape index (κ3) is 4.27. The molecule has 0 saturated heterocycles. The van der Waals surface area contributed by atoms with E-state index < -0.39 is 44.6 Å². The van der Waals surface area contributed by atoms with Gasteiger partial charge >= 0.3 is 21.3 Å². The Kier molecular flexibility index (Phi) is 6.99. The SMILES string of the molecule is O=S(=O)(OS(c1ccccc1)(c1ccccc1)c1ccccc1)C(F)(F)C(F)(F)CCO. The molecule has 3 aromatic carbocycles. The first-order valence-corrected chi connectivity index (χ1v) is 12.4. The first kappa shape index (κ1) is 24.2. The monoisotopic (exact) mass is 488 g/mol. The van der Waals surface area contributed by atoms with E-state index >= 15 is 0 Å². The third-order valence-corrected chi connectivity index (χ3v) is 9.85. The Bertz CT molecular complexity index is 1030. The van der Waals surface area contributed by atoms with E-state index in [4.69, 9.17) is 8.74 Å². The molecule has 3 aromatic rings. The van der Waals surface area contributed by atoms with Crippen molar-refractivity contribution in [2.45, 2.75) is 32.3 Å². The molecule has 0 fully saturated rings. The van der Waals surface area contributed by atoms with Gasteiger partial charge in [0.25, 0.3) is 0 Å². The summed E-state index contributed by atoms with van der Waals surface area (Å²) in [7, 11) is -9.61. The molecule has 0 aliphatic carbocycles. The number of aliphatic hydroxyl groups is 1. The van der Waals surface area contributed by atoms with Crippen LogP contribution in [0.5, 0.6) is 0 Å². The van der Waals surface area contributed by atoms with Crippen LogP contribution in [0.4, 0.5) is 17.6 Å². The fourth-order valence-electron chi connectivity index (χ4n) is 3.01. The molecule has 32 heavy (non-hydrogen) atoms. The molecule has 3 rings (SSSR count). The lowest BCUT2D eigenvalue weighted by Crippen LogP contribution is -2.48. The molecule has 0 spiro atoms. The highest BCUT2D eigenvalue weighted by Gasteiger charge is 2.67. The summed E-state index contributed by atoms with van der Waals surface area (Å²) in [6, 6.07) is 23.3. The molecule has 0 atom stereocenters. The van der Waals surface area contributed by atoms with Gasteiger partial charge in [-0.15, -0.1) is 0 Å². The second-order valence-corrected chi connectivity index (χ2v) is 11.2. The van der Waals surface area contributed by atoms with E-state index in [0.29, 0.717) is 0 Å². The predicted octanol–water partition coefficient (Wildman–Crippen LogP) is 5.84. The molecule has 4 nitrogen and oxygen atoms in total. The van der Waals surface area contributed by atoms with Gasteiger partial charge in [0.05, 0.1) is 0 Å². The van der Waals surface area contributed by atoms with Gasteiger partial charge in [0.2, 0.25) is 0 Å². The maximum atomic E-state index is 14.7. The van der Waals surface area contributed by atoms with Gasteiger partial charge in [0.1, 0.15) is 0 Å². The quantitative estimate of drug-likeness (QED) is 0.385. The molecular formula is C22H20F4O4S2. The summed E-state index contributed by atoms with van der Waals surface area (Å²) in [5.74, 6) is -5.05. The average Bonchev–Trinajstić information content (AvgIpc) is 2.79. The van der Waals surface area contributed by atoms with Crippen LogP contribution in [0.2, 0.25) is 0 Å². The van der Waals surface area contributed by atoms with Crippen LogP contribution in [0.25, 0.3) is 0 Å². The Balaban J connectivity index is 2.31. The lowest BCUT2D eigenvalue weighted by Gasteiger charge is -2.40. The largest absolute Gasteiger partial charge is 0.432 e. The molecule has 1 N–H and O–H groups in total. The average molecular weight is 489 g/mol. The maximum Gasteiger partial charge on any atom is 0.432 e. The zero-order valence-corrected chi connectivity index (χ0v) is 18.2. The van der Waals surface area contributed by atoms with E-state index in [-0.39, 0.29) is 14.7 Å². The van der Waals surface area contributed by atoms with Crippen molar-refractivity contribution in [1.82, 2.24) is 0 Å². The van der Waals surface area contributed by atoms with Gasteiger partial charge in [-0.1, -0.05) is 54.6 Å². The molecule has 0 aliphatic rings. The Morgan fingerprint density at radius 2 is 1.03 bits per heavy atom. The Morgan fingerprint density at radius 3 is 1.34 bits per heavy atom. The van der Waals surface area contributed by atoms with Crippen molar-refractivity contribution in [1.29, 1.82) is 0 Å². The van der Waals surface area contributed by atoms with Crippen molar-refractivity contribution in [2.24, 2.45) is 0 Å². The van der Waals surface area contributed by atoms with Crippen LogP contribution in [0.3, 0.4) is 0 Å². The topological polar surface area (TPSA) is 63.6 Å². The van der Waals surface area contributed by atoms with Crippen LogP contribution >= 0.6 is 10.3 Å². The van der Waals surface area contributed by atoms with Gasteiger partial charge in [0, 0.05) is 27.7 Å². The summed E-state index contributed by atoms with van der Waals surface area (Å²) < 4.78 is 88.4. The number of halogens is 4. The molecular weight excluding hydrogens is 468 g/mol. The fraction of sp³-hybridized carbons (Fsp3) is 0.182. The molecule has 0 radical (unpaired) electrons. The van der Waals surface area contributed by atoms with Crippen LogP contribution in [-0.2, 0) is 13.7 Å². The molecule has 10 heteroatoms. The van der Waals surface area contributed by atoms with Gasteiger partial charge in [0.15, 0.2) is 0 Å². The van der Waals surface area contributed by atoms with Crippen LogP contribution in [0.1, 0.15) is 6.42 Å². The van der Waals surface area contributed by atoms with Crippen molar-refractivity contribution in [3.8, 4) is 0 Å². The van der Waals surface area contributed by atoms with Crippen LogP contribution in [0.15, 0.2) is 106 Å². The highest BCUT2D eigenvalue weighted by molar-refractivity contribution is 8.33. The smallest absolute Gasteiger partial charge is 0.396 e. The minimum atomic E-state index is -6.20. The van der Waals surface area contributed by atoms with Crippen molar-refractivity contribution in [3.05, 3.63) is 91.0 Å². The minimum Gasteiger partial charge on any atom is -0.396 e. The van der Waals surface area contributed by atoms with Gasteiger partial charge in [-0.2, -0.15) is 26.0 Å². The van der Waals surface area contributed by atoms with Gasteiger partial charge in [-0.3, -0.25) is 0 Å². The number of benzene rings is 3. The minimum absolute atomic E-state index is 0.224. The normalized spacial score (nSPS) is 13.7. The van der Waals surface area contributed by atoms with E-state index in [1.54, 1.807) is 54.6 Å². The van der Waals surface area contributed by atoms with E-state index in [0.717, 1.165) is 0 Å². The zero-order chi connectivity index (χ0) is 23.5. The number of alkyl halides is 4. The number of rotatable bonds is 9. The lowest BCUT2D eigenvalue weighted by molar-refractivity contribution is -0.167. The Morgan fingerprint density at radius 1 is 0.688 bits per heavy atom. The van der Waals surface area contributed by atoms with Gasteiger partial charge in [-0.25, -0.2) is 3.63 Å².